The molecule has 1 heterocycles. The van der Waals surface area contributed by atoms with E-state index < -0.39 is 10.0 Å². The molecule has 1 aromatic rings. The molecule has 1 aliphatic heterocycles. The topological polar surface area (TPSA) is 113 Å². The van der Waals surface area contributed by atoms with Crippen LogP contribution in [-0.2, 0) is 14.8 Å². The normalized spacial score (nSPS) is 15.4. The minimum Gasteiger partial charge on any atom is -0.326 e. The number of primary sulfonamides is 1. The van der Waals surface area contributed by atoms with Gasteiger partial charge < -0.3 is 15.1 Å². The van der Waals surface area contributed by atoms with Crippen molar-refractivity contribution in [2.75, 3.05) is 31.5 Å². The number of benzene rings is 1. The Hall–Kier alpha value is -2.13. The van der Waals surface area contributed by atoms with Crippen LogP contribution < -0.4 is 10.5 Å². The highest BCUT2D eigenvalue weighted by atomic mass is 32.2. The number of rotatable bonds is 5. The van der Waals surface area contributed by atoms with E-state index in [0.29, 0.717) is 44.7 Å². The summed E-state index contributed by atoms with van der Waals surface area (Å²) in [7, 11) is -3.86. The van der Waals surface area contributed by atoms with E-state index >= 15 is 0 Å². The number of nitrogens with two attached hydrogens (primary N) is 1. The smallest absolute Gasteiger partial charge is 0.319 e. The fraction of sp³-hybridized carbons (Fsp3) is 0.579. The van der Waals surface area contributed by atoms with Gasteiger partial charge in [-0.05, 0) is 63.8 Å². The first-order valence-electron chi connectivity index (χ1n) is 9.57. The van der Waals surface area contributed by atoms with E-state index in [9.17, 15) is 18.0 Å². The van der Waals surface area contributed by atoms with Crippen LogP contribution in [0, 0.1) is 19.8 Å². The first-order valence-corrected chi connectivity index (χ1v) is 11.1. The Morgan fingerprint density at radius 1 is 1.18 bits per heavy atom. The second-order valence-corrected chi connectivity index (χ2v) is 8.72. The summed E-state index contributed by atoms with van der Waals surface area (Å²) in [6.07, 6.45) is 1.15. The van der Waals surface area contributed by atoms with Gasteiger partial charge in [0.15, 0.2) is 0 Å². The predicted octanol–water partition coefficient (Wildman–Crippen LogP) is 2.06. The van der Waals surface area contributed by atoms with Gasteiger partial charge in [0.05, 0.1) is 4.90 Å². The Bertz CT molecular complexity index is 842. The zero-order chi connectivity index (χ0) is 21.1. The second-order valence-electron chi connectivity index (χ2n) is 7.16. The van der Waals surface area contributed by atoms with Crippen LogP contribution in [0.25, 0.3) is 0 Å². The average molecular weight is 411 g/mol. The van der Waals surface area contributed by atoms with Crippen molar-refractivity contribution in [1.29, 1.82) is 0 Å². The maximum Gasteiger partial charge on any atom is 0.319 e. The number of sulfonamides is 1. The molecule has 3 amide bonds. The molecule has 1 aromatic carbocycles. The molecule has 8 nitrogen and oxygen atoms in total. The largest absolute Gasteiger partial charge is 0.326 e. The number of hydrogen-bond acceptors (Lipinski definition) is 4. The van der Waals surface area contributed by atoms with E-state index in [4.69, 9.17) is 5.14 Å². The van der Waals surface area contributed by atoms with Gasteiger partial charge >= 0.3 is 6.03 Å². The number of aryl methyl sites for hydroxylation is 1. The summed E-state index contributed by atoms with van der Waals surface area (Å²) in [5.74, 6) is -0.386. The van der Waals surface area contributed by atoms with E-state index in [-0.39, 0.29) is 22.8 Å². The molecular weight excluding hydrogens is 380 g/mol. The highest BCUT2D eigenvalue weighted by Crippen LogP contribution is 2.26. The maximum atomic E-state index is 12.7. The van der Waals surface area contributed by atoms with E-state index in [1.54, 1.807) is 16.7 Å². The van der Waals surface area contributed by atoms with Gasteiger partial charge in [0.2, 0.25) is 15.9 Å². The molecule has 0 unspecified atom stereocenters. The van der Waals surface area contributed by atoms with Gasteiger partial charge in [0, 0.05) is 37.8 Å². The van der Waals surface area contributed by atoms with Gasteiger partial charge in [-0.1, -0.05) is 0 Å². The summed E-state index contributed by atoms with van der Waals surface area (Å²) in [5.41, 5.74) is 1.99. The number of nitrogens with zero attached hydrogens (tertiary/aromatic N) is 2. The van der Waals surface area contributed by atoms with E-state index in [0.717, 1.165) is 11.1 Å². The number of anilines is 1. The van der Waals surface area contributed by atoms with Gasteiger partial charge in [0.1, 0.15) is 0 Å². The standard InChI is InChI=1S/C19H30N4O4S/c1-5-22(6-2)19(25)23-9-7-15(8-10-23)18(24)21-17-12-16(28(20,26)27)11-13(3)14(17)4/h11-12,15H,5-10H2,1-4H3,(H,21,24)(H2,20,26,27). The molecule has 1 aliphatic rings. The quantitative estimate of drug-likeness (QED) is 0.773. The zero-order valence-corrected chi connectivity index (χ0v) is 17.8. The maximum absolute atomic E-state index is 12.7. The lowest BCUT2D eigenvalue weighted by molar-refractivity contribution is -0.121. The van der Waals surface area contributed by atoms with Crippen LogP contribution in [0.1, 0.15) is 37.8 Å². The summed E-state index contributed by atoms with van der Waals surface area (Å²) in [5, 5.41) is 8.08. The van der Waals surface area contributed by atoms with Crippen LogP contribution in [0.4, 0.5) is 10.5 Å². The third-order valence-corrected chi connectivity index (χ3v) is 6.29. The second kappa shape index (κ2) is 8.91. The zero-order valence-electron chi connectivity index (χ0n) is 17.0. The molecule has 0 atom stereocenters. The number of carbonyl (C=O) groups is 2. The summed E-state index contributed by atoms with van der Waals surface area (Å²) in [4.78, 5) is 28.7. The first kappa shape index (κ1) is 22.2. The van der Waals surface area contributed by atoms with Gasteiger partial charge in [-0.3, -0.25) is 4.79 Å². The van der Waals surface area contributed by atoms with Crippen molar-refractivity contribution in [2.24, 2.45) is 11.1 Å². The molecule has 3 N–H and O–H groups in total. The number of nitrogens with one attached hydrogen (secondary N) is 1. The minimum atomic E-state index is -3.86. The number of amides is 3. The Morgan fingerprint density at radius 3 is 2.25 bits per heavy atom. The lowest BCUT2D eigenvalue weighted by Crippen LogP contribution is -2.47. The summed E-state index contributed by atoms with van der Waals surface area (Å²) >= 11 is 0. The molecule has 0 saturated carbocycles. The van der Waals surface area contributed by atoms with Crippen molar-refractivity contribution in [2.45, 2.75) is 45.4 Å². The molecule has 0 radical (unpaired) electrons. The van der Waals surface area contributed by atoms with Crippen molar-refractivity contribution in [3.05, 3.63) is 23.3 Å². The Kier molecular flexibility index (Phi) is 7.06. The van der Waals surface area contributed by atoms with Crippen molar-refractivity contribution >= 4 is 27.6 Å². The third-order valence-electron chi connectivity index (χ3n) is 5.40. The third kappa shape index (κ3) is 5.02. The molecule has 0 aliphatic carbocycles. The molecule has 0 bridgehead atoms. The molecule has 28 heavy (non-hydrogen) atoms. The van der Waals surface area contributed by atoms with Crippen LogP contribution in [0.15, 0.2) is 17.0 Å². The average Bonchev–Trinajstić information content (AvgIpc) is 2.65. The van der Waals surface area contributed by atoms with Gasteiger partial charge in [-0.2, -0.15) is 0 Å². The van der Waals surface area contributed by atoms with E-state index in [2.05, 4.69) is 5.32 Å². The number of piperidine rings is 1. The van der Waals surface area contributed by atoms with Crippen LogP contribution >= 0.6 is 0 Å². The van der Waals surface area contributed by atoms with Crippen LogP contribution in [-0.4, -0.2) is 56.3 Å². The Balaban J connectivity index is 2.06. The molecule has 1 fully saturated rings. The lowest BCUT2D eigenvalue weighted by atomic mass is 9.95. The highest BCUT2D eigenvalue weighted by Gasteiger charge is 2.29. The number of hydrogen-bond donors (Lipinski definition) is 2. The van der Waals surface area contributed by atoms with Crippen molar-refractivity contribution in [1.82, 2.24) is 9.80 Å². The highest BCUT2D eigenvalue weighted by molar-refractivity contribution is 7.89. The molecule has 1 saturated heterocycles. The summed E-state index contributed by atoms with van der Waals surface area (Å²) < 4.78 is 23.3. The minimum absolute atomic E-state index is 0.0104. The van der Waals surface area contributed by atoms with Crippen LogP contribution in [0.3, 0.4) is 0 Å². The van der Waals surface area contributed by atoms with Gasteiger partial charge in [-0.15, -0.1) is 0 Å². The number of likely N-dealkylation sites (tertiary alicyclic amines) is 1. The SMILES string of the molecule is CCN(CC)C(=O)N1CCC(C(=O)Nc2cc(S(N)(=O)=O)cc(C)c2C)CC1. The van der Waals surface area contributed by atoms with Gasteiger partial charge in [0.25, 0.3) is 0 Å². The summed E-state index contributed by atoms with van der Waals surface area (Å²) in [6, 6.07) is 2.91. The molecular formula is C19H30N4O4S. The molecule has 2 rings (SSSR count). The fourth-order valence-electron chi connectivity index (χ4n) is 3.38. The summed E-state index contributed by atoms with van der Waals surface area (Å²) in [6.45, 7) is 9.87. The number of carbonyl (C=O) groups excluding carboxylic acids is 2. The molecule has 0 aromatic heterocycles. The Morgan fingerprint density at radius 2 is 1.75 bits per heavy atom. The first-order chi connectivity index (χ1) is 13.1. The van der Waals surface area contributed by atoms with Crippen LogP contribution in [0.5, 0.6) is 0 Å². The molecule has 0 spiro atoms. The van der Waals surface area contributed by atoms with Crippen molar-refractivity contribution in [3.8, 4) is 0 Å². The molecule has 156 valence electrons. The van der Waals surface area contributed by atoms with E-state index in [1.165, 1.54) is 12.1 Å². The van der Waals surface area contributed by atoms with E-state index in [1.807, 2.05) is 20.8 Å². The van der Waals surface area contributed by atoms with Crippen molar-refractivity contribution in [3.63, 3.8) is 0 Å². The fourth-order valence-corrected chi connectivity index (χ4v) is 4.01. The predicted molar refractivity (Wildman–Crippen MR) is 109 cm³/mol. The number of urea groups is 1. The Labute approximate surface area is 167 Å². The van der Waals surface area contributed by atoms with Crippen LogP contribution in [0.2, 0.25) is 0 Å². The lowest BCUT2D eigenvalue weighted by Gasteiger charge is -2.34. The monoisotopic (exact) mass is 410 g/mol. The van der Waals surface area contributed by atoms with Crippen molar-refractivity contribution < 1.29 is 18.0 Å². The van der Waals surface area contributed by atoms with Gasteiger partial charge in [-0.25, -0.2) is 18.4 Å². The molecule has 9 heteroatoms.